The lowest BCUT2D eigenvalue weighted by Crippen LogP contribution is -2.32. The minimum absolute atomic E-state index is 0.128. The highest BCUT2D eigenvalue weighted by molar-refractivity contribution is 7.89. The minimum atomic E-state index is -3.62. The number of hydrogen-bond donors (Lipinski definition) is 1. The topological polar surface area (TPSA) is 89.7 Å². The lowest BCUT2D eigenvalue weighted by molar-refractivity contribution is -0.122. The second kappa shape index (κ2) is 6.82. The molecule has 3 rings (SSSR count). The predicted octanol–water partition coefficient (Wildman–Crippen LogP) is 0.934. The monoisotopic (exact) mass is 352 g/mol. The second-order valence-electron chi connectivity index (χ2n) is 6.68. The van der Waals surface area contributed by atoms with Gasteiger partial charge in [-0.05, 0) is 48.9 Å². The van der Waals surface area contributed by atoms with E-state index in [0.717, 1.165) is 31.2 Å². The van der Waals surface area contributed by atoms with Crippen molar-refractivity contribution in [3.05, 3.63) is 29.3 Å². The zero-order valence-electron chi connectivity index (χ0n) is 13.9. The molecule has 7 heteroatoms. The fourth-order valence-electron chi connectivity index (χ4n) is 3.75. The van der Waals surface area contributed by atoms with Crippen LogP contribution in [0.4, 0.5) is 0 Å². The summed E-state index contributed by atoms with van der Waals surface area (Å²) >= 11 is 0. The van der Waals surface area contributed by atoms with Crippen LogP contribution in [0.25, 0.3) is 0 Å². The molecule has 1 amide bonds. The third-order valence-electron chi connectivity index (χ3n) is 5.11. The smallest absolute Gasteiger partial charge is 0.243 e. The van der Waals surface area contributed by atoms with Gasteiger partial charge in [-0.25, -0.2) is 8.42 Å². The maximum absolute atomic E-state index is 13.0. The van der Waals surface area contributed by atoms with Crippen LogP contribution in [0.15, 0.2) is 23.1 Å². The highest BCUT2D eigenvalue weighted by Crippen LogP contribution is 2.31. The third kappa shape index (κ3) is 3.20. The molecule has 0 spiro atoms. The van der Waals surface area contributed by atoms with E-state index in [2.05, 4.69) is 0 Å². The van der Waals surface area contributed by atoms with Gasteiger partial charge in [0.15, 0.2) is 0 Å². The first kappa shape index (κ1) is 17.4. The molecule has 1 aliphatic heterocycles. The van der Waals surface area contributed by atoms with Crippen LogP contribution >= 0.6 is 0 Å². The van der Waals surface area contributed by atoms with Gasteiger partial charge in [-0.2, -0.15) is 4.31 Å². The van der Waals surface area contributed by atoms with Gasteiger partial charge in [-0.1, -0.05) is 6.07 Å². The van der Waals surface area contributed by atoms with Gasteiger partial charge in [0, 0.05) is 26.1 Å². The number of aryl methyl sites for hydroxylation is 2. The van der Waals surface area contributed by atoms with Crippen molar-refractivity contribution < 1.29 is 17.9 Å². The van der Waals surface area contributed by atoms with Gasteiger partial charge in [0.2, 0.25) is 15.9 Å². The summed E-state index contributed by atoms with van der Waals surface area (Å²) < 4.78 is 32.4. The molecule has 0 radical (unpaired) electrons. The number of carbonyl (C=O) groups excluding carboxylic acids is 1. The molecule has 0 bridgehead atoms. The molecule has 1 heterocycles. The molecule has 132 valence electrons. The normalized spacial score (nSPS) is 24.7. The lowest BCUT2D eigenvalue weighted by atomic mass is 9.92. The molecule has 0 aromatic heterocycles. The summed E-state index contributed by atoms with van der Waals surface area (Å²) in [6, 6.07) is 5.41. The number of methoxy groups -OCH3 is 1. The summed E-state index contributed by atoms with van der Waals surface area (Å²) in [6.07, 6.45) is 4.19. The molecule has 1 aliphatic carbocycles. The van der Waals surface area contributed by atoms with Gasteiger partial charge in [-0.15, -0.1) is 0 Å². The fourth-order valence-corrected chi connectivity index (χ4v) is 5.33. The van der Waals surface area contributed by atoms with Crippen molar-refractivity contribution in [2.75, 3.05) is 26.8 Å². The molecular formula is C17H24N2O4S. The largest absolute Gasteiger partial charge is 0.384 e. The number of benzene rings is 1. The highest BCUT2D eigenvalue weighted by Gasteiger charge is 2.42. The van der Waals surface area contributed by atoms with E-state index in [9.17, 15) is 13.2 Å². The van der Waals surface area contributed by atoms with Crippen LogP contribution in [0.3, 0.4) is 0 Å². The fraction of sp³-hybridized carbons (Fsp3) is 0.588. The molecule has 2 N–H and O–H groups in total. The van der Waals surface area contributed by atoms with Crippen LogP contribution in [0.1, 0.15) is 24.0 Å². The van der Waals surface area contributed by atoms with Crippen molar-refractivity contribution in [3.8, 4) is 0 Å². The lowest BCUT2D eigenvalue weighted by Gasteiger charge is -2.20. The van der Waals surface area contributed by atoms with Crippen molar-refractivity contribution in [2.45, 2.75) is 30.6 Å². The maximum atomic E-state index is 13.0. The average Bonchev–Trinajstić information content (AvgIpc) is 3.00. The van der Waals surface area contributed by atoms with Crippen molar-refractivity contribution in [3.63, 3.8) is 0 Å². The molecule has 1 aromatic rings. The predicted molar refractivity (Wildman–Crippen MR) is 89.9 cm³/mol. The number of hydrogen-bond acceptors (Lipinski definition) is 4. The first-order valence-corrected chi connectivity index (χ1v) is 9.77. The van der Waals surface area contributed by atoms with Crippen LogP contribution < -0.4 is 5.73 Å². The quantitative estimate of drug-likeness (QED) is 0.854. The van der Waals surface area contributed by atoms with Gasteiger partial charge in [0.1, 0.15) is 0 Å². The van der Waals surface area contributed by atoms with Crippen molar-refractivity contribution in [1.82, 2.24) is 4.31 Å². The van der Waals surface area contributed by atoms with Crippen LogP contribution in [0.2, 0.25) is 0 Å². The molecule has 24 heavy (non-hydrogen) atoms. The summed E-state index contributed by atoms with van der Waals surface area (Å²) in [5.74, 6) is -1.17. The number of amides is 1. The van der Waals surface area contributed by atoms with Gasteiger partial charge >= 0.3 is 0 Å². The molecule has 6 nitrogen and oxygen atoms in total. The average molecular weight is 352 g/mol. The van der Waals surface area contributed by atoms with Gasteiger partial charge in [0.25, 0.3) is 0 Å². The Hall–Kier alpha value is -1.44. The molecule has 0 unspecified atom stereocenters. The zero-order valence-corrected chi connectivity index (χ0v) is 14.7. The van der Waals surface area contributed by atoms with Crippen LogP contribution in [0.5, 0.6) is 0 Å². The first-order chi connectivity index (χ1) is 11.4. The Bertz CT molecular complexity index is 732. The Morgan fingerprint density at radius 1 is 1.25 bits per heavy atom. The summed E-state index contributed by atoms with van der Waals surface area (Å²) in [5, 5.41) is 0. The van der Waals surface area contributed by atoms with E-state index in [1.807, 2.05) is 6.07 Å². The molecule has 2 atom stereocenters. The van der Waals surface area contributed by atoms with Gasteiger partial charge in [0.05, 0.1) is 17.4 Å². The molecule has 1 aromatic carbocycles. The second-order valence-corrected chi connectivity index (χ2v) is 8.62. The molecule has 2 aliphatic rings. The van der Waals surface area contributed by atoms with Crippen LogP contribution in [0, 0.1) is 11.8 Å². The van der Waals surface area contributed by atoms with Crippen molar-refractivity contribution in [2.24, 2.45) is 17.6 Å². The van der Waals surface area contributed by atoms with Crippen molar-refractivity contribution in [1.29, 1.82) is 0 Å². The third-order valence-corrected chi connectivity index (χ3v) is 6.94. The number of sulfonamides is 1. The Morgan fingerprint density at radius 3 is 2.62 bits per heavy atom. The summed E-state index contributed by atoms with van der Waals surface area (Å²) in [6.45, 7) is 0.716. The summed E-state index contributed by atoms with van der Waals surface area (Å²) in [7, 11) is -2.08. The minimum Gasteiger partial charge on any atom is -0.384 e. The van der Waals surface area contributed by atoms with Crippen molar-refractivity contribution >= 4 is 15.9 Å². The summed E-state index contributed by atoms with van der Waals surface area (Å²) in [5.41, 5.74) is 7.81. The Kier molecular flexibility index (Phi) is 4.94. The van der Waals surface area contributed by atoms with Gasteiger partial charge < -0.3 is 10.5 Å². The van der Waals surface area contributed by atoms with E-state index >= 15 is 0 Å². The summed E-state index contributed by atoms with van der Waals surface area (Å²) in [4.78, 5) is 11.9. The van der Waals surface area contributed by atoms with Gasteiger partial charge in [-0.3, -0.25) is 4.79 Å². The zero-order chi connectivity index (χ0) is 17.3. The molecular weight excluding hydrogens is 328 g/mol. The number of fused-ring (bicyclic) bond motifs is 1. The first-order valence-electron chi connectivity index (χ1n) is 8.33. The SMILES string of the molecule is COC[C@@H]1CN(S(=O)(=O)c2ccc3c(c2)CCCC3)C[C@H]1C(N)=O. The Morgan fingerprint density at radius 2 is 1.96 bits per heavy atom. The van der Waals surface area contributed by atoms with E-state index in [1.165, 1.54) is 9.87 Å². The molecule has 1 fully saturated rings. The standard InChI is InChI=1S/C17H24N2O4S/c1-23-11-14-9-19(10-16(14)17(18)20)24(21,22)15-7-6-12-4-2-3-5-13(12)8-15/h6-8,14,16H,2-5,9-11H2,1H3,(H2,18,20)/t14-,16+/m0/s1. The van der Waals surface area contributed by atoms with Crippen LogP contribution in [-0.2, 0) is 32.4 Å². The number of rotatable bonds is 5. The van der Waals surface area contributed by atoms with E-state index in [4.69, 9.17) is 10.5 Å². The van der Waals surface area contributed by atoms with Crippen LogP contribution in [-0.4, -0.2) is 45.4 Å². The molecule has 0 saturated carbocycles. The number of primary amides is 1. The Labute approximate surface area is 143 Å². The van der Waals surface area contributed by atoms with E-state index in [1.54, 1.807) is 19.2 Å². The number of ether oxygens (including phenoxy) is 1. The highest BCUT2D eigenvalue weighted by atomic mass is 32.2. The Balaban J connectivity index is 1.86. The van der Waals surface area contributed by atoms with E-state index in [0.29, 0.717) is 11.5 Å². The van der Waals surface area contributed by atoms with E-state index < -0.39 is 21.8 Å². The number of carbonyl (C=O) groups is 1. The number of nitrogens with zero attached hydrogens (tertiary/aromatic N) is 1. The molecule has 1 saturated heterocycles. The maximum Gasteiger partial charge on any atom is 0.243 e. The number of nitrogens with two attached hydrogens (primary N) is 1. The van der Waals surface area contributed by atoms with E-state index in [-0.39, 0.29) is 19.0 Å².